The predicted octanol–water partition coefficient (Wildman–Crippen LogP) is 2.73. The molecule has 0 bridgehead atoms. The summed E-state index contributed by atoms with van der Waals surface area (Å²) in [6.45, 7) is 5.70. The van der Waals surface area contributed by atoms with Crippen molar-refractivity contribution < 1.29 is 0 Å². The Morgan fingerprint density at radius 2 is 2.25 bits per heavy atom. The summed E-state index contributed by atoms with van der Waals surface area (Å²) < 4.78 is 0. The summed E-state index contributed by atoms with van der Waals surface area (Å²) in [6.07, 6.45) is 10.3. The standard InChI is InChI=1S/C8H13/c1-3-5-7-8-6-4-2/h3,5-7H,1,4,8H2,2H3/b7-5+. The molecule has 0 saturated heterocycles. The SMILES string of the molecule is C=C/C=C/C[CH]CC. The maximum Gasteiger partial charge on any atom is -0.0316 e. The molecule has 0 aliphatic carbocycles. The molecule has 0 aromatic carbocycles. The lowest BCUT2D eigenvalue weighted by atomic mass is 10.2. The summed E-state index contributed by atoms with van der Waals surface area (Å²) in [6, 6.07) is 0. The molecule has 0 N–H and O–H groups in total. The Balaban J connectivity index is 2.91. The highest BCUT2D eigenvalue weighted by atomic mass is 13.8. The van der Waals surface area contributed by atoms with Gasteiger partial charge in [0.05, 0.1) is 0 Å². The van der Waals surface area contributed by atoms with Gasteiger partial charge in [-0.15, -0.1) is 0 Å². The van der Waals surface area contributed by atoms with Crippen LogP contribution in [0.3, 0.4) is 0 Å². The first kappa shape index (κ1) is 7.48. The van der Waals surface area contributed by atoms with E-state index in [9.17, 15) is 0 Å². The smallest absolute Gasteiger partial charge is 0.0316 e. The second kappa shape index (κ2) is 6.48. The van der Waals surface area contributed by atoms with E-state index >= 15 is 0 Å². The van der Waals surface area contributed by atoms with Crippen molar-refractivity contribution in [1.82, 2.24) is 0 Å². The van der Waals surface area contributed by atoms with Crippen LogP contribution in [-0.4, -0.2) is 0 Å². The third-order valence-electron chi connectivity index (χ3n) is 0.864. The van der Waals surface area contributed by atoms with Gasteiger partial charge in [-0.2, -0.15) is 0 Å². The molecule has 0 heteroatoms. The van der Waals surface area contributed by atoms with Crippen molar-refractivity contribution in [3.05, 3.63) is 31.2 Å². The normalized spacial score (nSPS) is 10.1. The molecule has 0 aromatic heterocycles. The Hall–Kier alpha value is -0.520. The van der Waals surface area contributed by atoms with Crippen molar-refractivity contribution in [3.8, 4) is 0 Å². The van der Waals surface area contributed by atoms with Crippen LogP contribution in [0.5, 0.6) is 0 Å². The quantitative estimate of drug-likeness (QED) is 0.384. The molecule has 0 aliphatic rings. The highest BCUT2D eigenvalue weighted by Crippen LogP contribution is 1.92. The van der Waals surface area contributed by atoms with Gasteiger partial charge >= 0.3 is 0 Å². The molecule has 0 amide bonds. The summed E-state index contributed by atoms with van der Waals surface area (Å²) in [5, 5.41) is 0. The zero-order valence-corrected chi connectivity index (χ0v) is 5.43. The van der Waals surface area contributed by atoms with Gasteiger partial charge in [-0.1, -0.05) is 38.2 Å². The second-order valence-electron chi connectivity index (χ2n) is 1.60. The number of rotatable bonds is 4. The third-order valence-corrected chi connectivity index (χ3v) is 0.864. The van der Waals surface area contributed by atoms with Crippen LogP contribution in [0, 0.1) is 6.42 Å². The van der Waals surface area contributed by atoms with Crippen molar-refractivity contribution in [2.24, 2.45) is 0 Å². The van der Waals surface area contributed by atoms with Crippen molar-refractivity contribution in [2.75, 3.05) is 0 Å². The number of allylic oxidation sites excluding steroid dienone is 3. The van der Waals surface area contributed by atoms with Crippen LogP contribution < -0.4 is 0 Å². The van der Waals surface area contributed by atoms with Crippen LogP contribution >= 0.6 is 0 Å². The average molecular weight is 109 g/mol. The zero-order chi connectivity index (χ0) is 6.24. The van der Waals surface area contributed by atoms with E-state index < -0.39 is 0 Å². The molecule has 0 unspecified atom stereocenters. The number of hydrogen-bond donors (Lipinski definition) is 0. The van der Waals surface area contributed by atoms with Gasteiger partial charge in [0.15, 0.2) is 0 Å². The molecule has 0 spiro atoms. The van der Waals surface area contributed by atoms with Gasteiger partial charge in [0.2, 0.25) is 0 Å². The molecule has 0 aliphatic heterocycles. The maximum absolute atomic E-state index is 3.56. The van der Waals surface area contributed by atoms with Crippen molar-refractivity contribution in [3.63, 3.8) is 0 Å². The number of hydrogen-bond acceptors (Lipinski definition) is 0. The van der Waals surface area contributed by atoms with Gasteiger partial charge in [0.1, 0.15) is 0 Å². The van der Waals surface area contributed by atoms with E-state index in [4.69, 9.17) is 0 Å². The lowest BCUT2D eigenvalue weighted by Crippen LogP contribution is -1.65. The largest absolute Gasteiger partial charge is 0.0991 e. The first-order valence-corrected chi connectivity index (χ1v) is 3.01. The van der Waals surface area contributed by atoms with Crippen LogP contribution in [0.25, 0.3) is 0 Å². The van der Waals surface area contributed by atoms with Gasteiger partial charge in [-0.05, 0) is 12.8 Å². The van der Waals surface area contributed by atoms with E-state index in [0.717, 1.165) is 12.8 Å². The monoisotopic (exact) mass is 109 g/mol. The molecule has 0 heterocycles. The molecule has 0 nitrogen and oxygen atoms in total. The van der Waals surface area contributed by atoms with E-state index in [0.29, 0.717) is 0 Å². The van der Waals surface area contributed by atoms with E-state index in [-0.39, 0.29) is 0 Å². The molecule has 0 fully saturated rings. The van der Waals surface area contributed by atoms with Crippen LogP contribution in [0.4, 0.5) is 0 Å². The Labute approximate surface area is 51.9 Å². The van der Waals surface area contributed by atoms with Crippen LogP contribution in [0.15, 0.2) is 24.8 Å². The fourth-order valence-electron chi connectivity index (χ4n) is 0.438. The van der Waals surface area contributed by atoms with Crippen LogP contribution in [-0.2, 0) is 0 Å². The molecule has 0 aromatic rings. The minimum Gasteiger partial charge on any atom is -0.0991 e. The summed E-state index contributed by atoms with van der Waals surface area (Å²) in [5.41, 5.74) is 0. The van der Waals surface area contributed by atoms with Crippen molar-refractivity contribution in [2.45, 2.75) is 19.8 Å². The lowest BCUT2D eigenvalue weighted by Gasteiger charge is -1.83. The van der Waals surface area contributed by atoms with E-state index in [1.165, 1.54) is 0 Å². The minimum atomic E-state index is 1.07. The first-order chi connectivity index (χ1) is 3.91. The summed E-state index contributed by atoms with van der Waals surface area (Å²) in [7, 11) is 0. The lowest BCUT2D eigenvalue weighted by molar-refractivity contribution is 1.03. The molecule has 1 radical (unpaired) electrons. The molecule has 0 saturated carbocycles. The predicted molar refractivity (Wildman–Crippen MR) is 38.5 cm³/mol. The molecular formula is C8H13. The Morgan fingerprint density at radius 1 is 1.50 bits per heavy atom. The van der Waals surface area contributed by atoms with E-state index in [1.807, 2.05) is 6.08 Å². The molecule has 0 atom stereocenters. The molecule has 8 heavy (non-hydrogen) atoms. The zero-order valence-electron chi connectivity index (χ0n) is 5.43. The fourth-order valence-corrected chi connectivity index (χ4v) is 0.438. The Bertz CT molecular complexity index is 70.1. The van der Waals surface area contributed by atoms with Crippen LogP contribution in [0.2, 0.25) is 0 Å². The molecule has 0 rings (SSSR count). The summed E-state index contributed by atoms with van der Waals surface area (Å²) >= 11 is 0. The van der Waals surface area contributed by atoms with Gasteiger partial charge in [-0.25, -0.2) is 0 Å². The minimum absolute atomic E-state index is 1.07. The van der Waals surface area contributed by atoms with Crippen molar-refractivity contribution >= 4 is 0 Å². The van der Waals surface area contributed by atoms with Gasteiger partial charge in [0.25, 0.3) is 0 Å². The second-order valence-corrected chi connectivity index (χ2v) is 1.60. The van der Waals surface area contributed by atoms with Crippen LogP contribution in [0.1, 0.15) is 19.8 Å². The number of unbranched alkanes of at least 4 members (excludes halogenated alkanes) is 2. The van der Waals surface area contributed by atoms with Gasteiger partial charge in [0, 0.05) is 0 Å². The first-order valence-electron chi connectivity index (χ1n) is 3.01. The maximum atomic E-state index is 3.56. The Morgan fingerprint density at radius 3 is 2.75 bits per heavy atom. The van der Waals surface area contributed by atoms with Gasteiger partial charge in [-0.3, -0.25) is 0 Å². The topological polar surface area (TPSA) is 0 Å². The third kappa shape index (κ3) is 5.48. The average Bonchev–Trinajstić information content (AvgIpc) is 1.81. The molecular weight excluding hydrogens is 96.1 g/mol. The summed E-state index contributed by atoms with van der Waals surface area (Å²) in [4.78, 5) is 0. The summed E-state index contributed by atoms with van der Waals surface area (Å²) in [5.74, 6) is 0. The van der Waals surface area contributed by atoms with Crippen molar-refractivity contribution in [1.29, 1.82) is 0 Å². The fraction of sp³-hybridized carbons (Fsp3) is 0.375. The van der Waals surface area contributed by atoms with Gasteiger partial charge < -0.3 is 0 Å². The Kier molecular flexibility index (Phi) is 6.06. The van der Waals surface area contributed by atoms with E-state index in [2.05, 4.69) is 26.0 Å². The molecule has 45 valence electrons. The van der Waals surface area contributed by atoms with E-state index in [1.54, 1.807) is 6.08 Å². The highest BCUT2D eigenvalue weighted by molar-refractivity contribution is 4.98. The highest BCUT2D eigenvalue weighted by Gasteiger charge is 1.74.